The molecular formula is C16H10F6N2O5S2. The Morgan fingerprint density at radius 3 is 1.84 bits per heavy atom. The van der Waals surface area contributed by atoms with Crippen LogP contribution in [-0.4, -0.2) is 30.3 Å². The Morgan fingerprint density at radius 2 is 1.42 bits per heavy atom. The number of hydrogen-bond donors (Lipinski definition) is 1. The SMILES string of the molecule is Cc1ccc(NC(=O)c2cc(S(=O)C(F)(F)F)cc(S(=O)C(F)(F)F)c2)cc1[N+](=O)[O-]. The van der Waals surface area contributed by atoms with Crippen LogP contribution < -0.4 is 5.32 Å². The van der Waals surface area contributed by atoms with Crippen molar-refractivity contribution in [2.45, 2.75) is 27.7 Å². The van der Waals surface area contributed by atoms with Crippen LogP contribution in [0.4, 0.5) is 37.7 Å². The highest BCUT2D eigenvalue weighted by molar-refractivity contribution is 7.86. The summed E-state index contributed by atoms with van der Waals surface area (Å²) in [5, 5.41) is 13.1. The summed E-state index contributed by atoms with van der Waals surface area (Å²) >= 11 is 0. The number of hydrogen-bond acceptors (Lipinski definition) is 5. The van der Waals surface area contributed by atoms with Crippen molar-refractivity contribution in [2.24, 2.45) is 0 Å². The van der Waals surface area contributed by atoms with Crippen molar-refractivity contribution in [3.63, 3.8) is 0 Å². The average Bonchev–Trinajstić information content (AvgIpc) is 2.66. The number of nitrogens with one attached hydrogen (secondary N) is 1. The second-order valence-electron chi connectivity index (χ2n) is 5.83. The number of nitro groups is 1. The van der Waals surface area contributed by atoms with Gasteiger partial charge < -0.3 is 5.32 Å². The highest BCUT2D eigenvalue weighted by Crippen LogP contribution is 2.32. The monoisotopic (exact) mass is 488 g/mol. The summed E-state index contributed by atoms with van der Waals surface area (Å²) in [6.45, 7) is 1.40. The van der Waals surface area contributed by atoms with Gasteiger partial charge in [0, 0.05) is 32.7 Å². The molecule has 31 heavy (non-hydrogen) atoms. The molecule has 0 saturated heterocycles. The number of carbonyl (C=O) groups is 1. The molecule has 0 aliphatic carbocycles. The van der Waals surface area contributed by atoms with Crippen LogP contribution in [0.5, 0.6) is 0 Å². The number of anilines is 1. The molecule has 0 aliphatic heterocycles. The van der Waals surface area contributed by atoms with Crippen molar-refractivity contribution in [3.05, 3.63) is 57.6 Å². The molecule has 2 rings (SSSR count). The molecule has 0 heterocycles. The minimum atomic E-state index is -5.36. The maximum absolute atomic E-state index is 12.8. The van der Waals surface area contributed by atoms with Crippen molar-refractivity contribution in [1.29, 1.82) is 0 Å². The van der Waals surface area contributed by atoms with Crippen LogP contribution in [0.2, 0.25) is 0 Å². The van der Waals surface area contributed by atoms with Gasteiger partial charge >= 0.3 is 11.0 Å². The van der Waals surface area contributed by atoms with Gasteiger partial charge in [0.15, 0.2) is 21.6 Å². The van der Waals surface area contributed by atoms with Crippen LogP contribution in [0.25, 0.3) is 0 Å². The van der Waals surface area contributed by atoms with E-state index >= 15 is 0 Å². The Hall–Kier alpha value is -2.81. The lowest BCUT2D eigenvalue weighted by atomic mass is 10.1. The fraction of sp³-hybridized carbons (Fsp3) is 0.188. The van der Waals surface area contributed by atoms with Gasteiger partial charge in [-0.25, -0.2) is 8.42 Å². The highest BCUT2D eigenvalue weighted by Gasteiger charge is 2.41. The fourth-order valence-corrected chi connectivity index (χ4v) is 3.82. The van der Waals surface area contributed by atoms with Crippen molar-refractivity contribution in [2.75, 3.05) is 5.32 Å². The number of alkyl halides is 6. The van der Waals surface area contributed by atoms with E-state index in [1.54, 1.807) is 0 Å². The summed E-state index contributed by atoms with van der Waals surface area (Å²) in [6.07, 6.45) is 0. The fourth-order valence-electron chi connectivity index (χ4n) is 2.27. The van der Waals surface area contributed by atoms with Gasteiger partial charge in [-0.3, -0.25) is 14.9 Å². The molecule has 0 spiro atoms. The summed E-state index contributed by atoms with van der Waals surface area (Å²) in [4.78, 5) is 20.2. The molecular weight excluding hydrogens is 478 g/mol. The molecule has 0 bridgehead atoms. The Kier molecular flexibility index (Phi) is 6.90. The van der Waals surface area contributed by atoms with E-state index in [-0.39, 0.29) is 17.3 Å². The second-order valence-corrected chi connectivity index (χ2v) is 8.78. The molecule has 2 unspecified atom stereocenters. The summed E-state index contributed by atoms with van der Waals surface area (Å²) < 4.78 is 99.8. The van der Waals surface area contributed by atoms with E-state index in [2.05, 4.69) is 5.32 Å². The zero-order chi connectivity index (χ0) is 23.7. The van der Waals surface area contributed by atoms with Crippen molar-refractivity contribution >= 4 is 38.9 Å². The molecule has 1 N–H and O–H groups in total. The molecule has 0 aliphatic rings. The van der Waals surface area contributed by atoms with E-state index in [4.69, 9.17) is 0 Å². The van der Waals surface area contributed by atoms with E-state index in [1.807, 2.05) is 0 Å². The van der Waals surface area contributed by atoms with Crippen LogP contribution in [0, 0.1) is 17.0 Å². The predicted octanol–water partition coefficient (Wildman–Crippen LogP) is 4.41. The van der Waals surface area contributed by atoms with Crippen molar-refractivity contribution in [3.8, 4) is 0 Å². The quantitative estimate of drug-likeness (QED) is 0.381. The molecule has 0 fully saturated rings. The van der Waals surface area contributed by atoms with Gasteiger partial charge in [-0.1, -0.05) is 6.07 Å². The number of carbonyl (C=O) groups excluding carboxylic acids is 1. The molecule has 2 aromatic rings. The van der Waals surface area contributed by atoms with Gasteiger partial charge in [-0.05, 0) is 31.2 Å². The Bertz CT molecular complexity index is 1060. The van der Waals surface area contributed by atoms with Crippen molar-refractivity contribution < 1.29 is 44.5 Å². The number of rotatable bonds is 5. The van der Waals surface area contributed by atoms with E-state index in [0.717, 1.165) is 6.07 Å². The second kappa shape index (κ2) is 8.74. The lowest BCUT2D eigenvalue weighted by molar-refractivity contribution is -0.385. The molecule has 0 radical (unpaired) electrons. The zero-order valence-electron chi connectivity index (χ0n) is 15.0. The van der Waals surface area contributed by atoms with Gasteiger partial charge in [-0.15, -0.1) is 0 Å². The normalized spacial score (nSPS) is 14.0. The van der Waals surface area contributed by atoms with Gasteiger partial charge in [0.2, 0.25) is 0 Å². The summed E-state index contributed by atoms with van der Waals surface area (Å²) in [5.74, 6) is -1.26. The van der Waals surface area contributed by atoms with Crippen molar-refractivity contribution in [1.82, 2.24) is 0 Å². The van der Waals surface area contributed by atoms with Gasteiger partial charge in [0.05, 0.1) is 4.92 Å². The highest BCUT2D eigenvalue weighted by atomic mass is 32.2. The molecule has 2 aromatic carbocycles. The van der Waals surface area contributed by atoms with E-state index in [1.165, 1.54) is 19.1 Å². The van der Waals surface area contributed by atoms with E-state index in [9.17, 15) is 49.7 Å². The first-order chi connectivity index (χ1) is 14.1. The number of nitro benzene ring substituents is 1. The van der Waals surface area contributed by atoms with Crippen LogP contribution in [0.3, 0.4) is 0 Å². The molecule has 168 valence electrons. The minimum Gasteiger partial charge on any atom is -0.322 e. The molecule has 15 heteroatoms. The first-order valence-corrected chi connectivity index (χ1v) is 10.1. The lowest BCUT2D eigenvalue weighted by Gasteiger charge is -2.13. The first kappa shape index (κ1) is 24.5. The predicted molar refractivity (Wildman–Crippen MR) is 97.2 cm³/mol. The first-order valence-electron chi connectivity index (χ1n) is 7.80. The number of halogens is 6. The third-order valence-corrected chi connectivity index (χ3v) is 5.82. The number of nitrogens with zero attached hydrogens (tertiary/aromatic N) is 1. The van der Waals surface area contributed by atoms with Crippen LogP contribution in [0.1, 0.15) is 15.9 Å². The Labute approximate surface area is 174 Å². The molecule has 0 aromatic heterocycles. The summed E-state index contributed by atoms with van der Waals surface area (Å²) in [7, 11) is -7.62. The van der Waals surface area contributed by atoms with Crippen LogP contribution in [0.15, 0.2) is 46.2 Å². The Morgan fingerprint density at radius 1 is 0.935 bits per heavy atom. The van der Waals surface area contributed by atoms with Crippen LogP contribution in [-0.2, 0) is 21.6 Å². The molecule has 2 atom stereocenters. The smallest absolute Gasteiger partial charge is 0.322 e. The topological polar surface area (TPSA) is 106 Å². The number of aryl methyl sites for hydroxylation is 1. The van der Waals surface area contributed by atoms with Crippen LogP contribution >= 0.6 is 0 Å². The number of benzene rings is 2. The maximum atomic E-state index is 12.8. The van der Waals surface area contributed by atoms with Gasteiger partial charge in [0.25, 0.3) is 11.6 Å². The zero-order valence-corrected chi connectivity index (χ0v) is 16.7. The molecule has 1 amide bonds. The standard InChI is InChI=1S/C16H10F6N2O5S2/c1-8-2-3-10(6-13(8)24(26)27)23-14(25)9-4-11(30(28)15(17,18)19)7-12(5-9)31(29)16(20,21)22/h2-7H,1H3,(H,23,25). The average molecular weight is 488 g/mol. The van der Waals surface area contributed by atoms with Gasteiger partial charge in [-0.2, -0.15) is 26.3 Å². The summed E-state index contributed by atoms with van der Waals surface area (Å²) in [5.41, 5.74) is -11.9. The third kappa shape index (κ3) is 5.88. The largest absolute Gasteiger partial charge is 0.475 e. The van der Waals surface area contributed by atoms with E-state index < -0.39 is 64.5 Å². The molecule has 0 saturated carbocycles. The maximum Gasteiger partial charge on any atom is 0.475 e. The summed E-state index contributed by atoms with van der Waals surface area (Å²) in [6, 6.07) is 4.44. The lowest BCUT2D eigenvalue weighted by Crippen LogP contribution is -2.21. The minimum absolute atomic E-state index is 0.178. The third-order valence-electron chi connectivity index (χ3n) is 3.65. The van der Waals surface area contributed by atoms with E-state index in [0.29, 0.717) is 12.1 Å². The Balaban J connectivity index is 2.52. The van der Waals surface area contributed by atoms with Gasteiger partial charge in [0.1, 0.15) is 0 Å². The number of amides is 1. The molecule has 7 nitrogen and oxygen atoms in total.